The van der Waals surface area contributed by atoms with E-state index in [0.29, 0.717) is 11.4 Å². The lowest BCUT2D eigenvalue weighted by atomic mass is 9.83. The van der Waals surface area contributed by atoms with Crippen LogP contribution < -0.4 is 0 Å². The van der Waals surface area contributed by atoms with Gasteiger partial charge in [-0.15, -0.1) is 0 Å². The fourth-order valence-corrected chi connectivity index (χ4v) is 9.45. The Kier molecular flexibility index (Phi) is 12.2. The first-order valence-corrected chi connectivity index (χ1v) is 24.6. The molecule has 1 N–H and O–H groups in total. The second-order valence-electron chi connectivity index (χ2n) is 21.7. The lowest BCUT2D eigenvalue weighted by Gasteiger charge is -2.24. The number of phenolic OH excluding ortho intramolecular Hbond substituents is 1. The van der Waals surface area contributed by atoms with E-state index in [4.69, 9.17) is 11.3 Å². The zero-order valence-electron chi connectivity index (χ0n) is 43.5. The third-order valence-corrected chi connectivity index (χ3v) is 13.7. The molecule has 9 rings (SSSR count). The fraction of sp³-hybridized carbons (Fsp3) is 0.262. The second-order valence-corrected chi connectivity index (χ2v) is 21.7. The maximum Gasteiger partial charge on any atom is 0.149 e. The molecule has 0 radical (unpaired) electrons. The summed E-state index contributed by atoms with van der Waals surface area (Å²) in [6.07, 6.45) is 1.89. The fourth-order valence-electron chi connectivity index (χ4n) is 9.45. The quantitative estimate of drug-likeness (QED) is 0.149. The van der Waals surface area contributed by atoms with E-state index in [1.807, 2.05) is 20.0 Å². The molecule has 0 atom stereocenters. The molecule has 9 aromatic rings. The van der Waals surface area contributed by atoms with Gasteiger partial charge in [0.1, 0.15) is 11.6 Å². The standard InChI is InChI=1S/C65H67N3O/c1-40(2)43-21-23-45(24-22-43)47-31-32-66-58(38-47)51-34-49(44-17-14-13-15-18-44)33-50(35-51)54-19-16-20-60-61(54)67-63(57-37-48(41(3)4)36-55(42(5)6)62(57)69)68(60)59-30-29-53(65(10,11)12)39-56(59)46-25-27-52(28-26-46)64(7,8)9/h13-42,69H,1-12H3/i40D. The Morgan fingerprint density at radius 3 is 1.78 bits per heavy atom. The Morgan fingerprint density at radius 1 is 0.493 bits per heavy atom. The van der Waals surface area contributed by atoms with E-state index in [0.717, 1.165) is 89.2 Å². The van der Waals surface area contributed by atoms with Crippen molar-refractivity contribution in [3.63, 3.8) is 0 Å². The first-order valence-electron chi connectivity index (χ1n) is 25.1. The van der Waals surface area contributed by atoms with Crippen molar-refractivity contribution in [3.05, 3.63) is 192 Å². The molecule has 7 aromatic carbocycles. The Hall–Kier alpha value is -7.04. The molecule has 0 aliphatic carbocycles. The van der Waals surface area contributed by atoms with E-state index < -0.39 is 5.89 Å². The Bertz CT molecular complexity index is 3360. The van der Waals surface area contributed by atoms with E-state index in [1.54, 1.807) is 0 Å². The van der Waals surface area contributed by atoms with E-state index in [2.05, 4.69) is 232 Å². The van der Waals surface area contributed by atoms with Crippen LogP contribution >= 0.6 is 0 Å². The highest BCUT2D eigenvalue weighted by molar-refractivity contribution is 5.98. The monoisotopic (exact) mass is 907 g/mol. The maximum atomic E-state index is 12.5. The van der Waals surface area contributed by atoms with Crippen molar-refractivity contribution in [2.24, 2.45) is 0 Å². The third kappa shape index (κ3) is 9.42. The largest absolute Gasteiger partial charge is 0.507 e. The van der Waals surface area contributed by atoms with E-state index in [1.165, 1.54) is 11.1 Å². The van der Waals surface area contributed by atoms with Crippen molar-refractivity contribution < 1.29 is 6.48 Å². The van der Waals surface area contributed by atoms with Crippen LogP contribution in [0.25, 0.3) is 83.9 Å². The maximum absolute atomic E-state index is 12.5. The summed E-state index contributed by atoms with van der Waals surface area (Å²) in [6, 6.07) is 56.5. The van der Waals surface area contributed by atoms with Gasteiger partial charge in [-0.05, 0) is 144 Å². The lowest BCUT2D eigenvalue weighted by molar-refractivity contribution is 0.466. The molecule has 0 saturated carbocycles. The number of nitrogens with zero attached hydrogens (tertiary/aromatic N) is 3. The minimum Gasteiger partial charge on any atom is -0.507 e. The van der Waals surface area contributed by atoms with E-state index in [9.17, 15) is 5.11 Å². The normalized spacial score (nSPS) is 12.6. The summed E-state index contributed by atoms with van der Waals surface area (Å²) in [4.78, 5) is 10.7. The third-order valence-electron chi connectivity index (χ3n) is 13.7. The molecule has 0 fully saturated rings. The first kappa shape index (κ1) is 45.7. The summed E-state index contributed by atoms with van der Waals surface area (Å²) in [5.74, 6) is 0.596. The number of para-hydroxylation sites is 1. The SMILES string of the molecule is [2H]C(C)(C)c1ccc(-c2ccnc(-c3cc(-c4ccccc4)cc(-c4cccc5c4nc(-c4cc(C(C)C)cc(C(C)C)c4O)n5-c4ccc(C(C)(C)C)cc4-c4ccc(C(C)(C)C)cc4)c3)c2)cc1. The average molecular weight is 907 g/mol. The van der Waals surface area contributed by atoms with Gasteiger partial charge in [0.25, 0.3) is 0 Å². The van der Waals surface area contributed by atoms with Gasteiger partial charge in [0.05, 0.1) is 28.0 Å². The Balaban J connectivity index is 1.32. The van der Waals surface area contributed by atoms with Crippen molar-refractivity contribution in [2.45, 2.75) is 112 Å². The van der Waals surface area contributed by atoms with Gasteiger partial charge in [0.2, 0.25) is 0 Å². The van der Waals surface area contributed by atoms with Crippen LogP contribution in [-0.4, -0.2) is 19.6 Å². The predicted octanol–water partition coefficient (Wildman–Crippen LogP) is 18.1. The molecular formula is C65H67N3O. The predicted molar refractivity (Wildman–Crippen MR) is 293 cm³/mol. The smallest absolute Gasteiger partial charge is 0.149 e. The molecule has 0 amide bonds. The topological polar surface area (TPSA) is 50.9 Å². The van der Waals surface area contributed by atoms with Gasteiger partial charge in [-0.25, -0.2) is 4.98 Å². The highest BCUT2D eigenvalue weighted by Gasteiger charge is 2.27. The van der Waals surface area contributed by atoms with Crippen LogP contribution in [0.15, 0.2) is 164 Å². The number of aromatic nitrogens is 3. The zero-order valence-corrected chi connectivity index (χ0v) is 42.5. The summed E-state index contributed by atoms with van der Waals surface area (Å²) >= 11 is 0. The number of imidazole rings is 1. The zero-order chi connectivity index (χ0) is 49.9. The summed E-state index contributed by atoms with van der Waals surface area (Å²) in [5, 5.41) is 12.5. The van der Waals surface area contributed by atoms with Gasteiger partial charge < -0.3 is 5.11 Å². The highest BCUT2D eigenvalue weighted by atomic mass is 16.3. The number of hydrogen-bond donors (Lipinski definition) is 1. The van der Waals surface area contributed by atoms with Crippen LogP contribution in [0, 0.1) is 0 Å². The number of fused-ring (bicyclic) bond motifs is 1. The van der Waals surface area contributed by atoms with Crippen molar-refractivity contribution in [2.75, 3.05) is 0 Å². The van der Waals surface area contributed by atoms with Gasteiger partial charge >= 0.3 is 0 Å². The van der Waals surface area contributed by atoms with Crippen molar-refractivity contribution in [1.29, 1.82) is 0 Å². The molecule has 0 bridgehead atoms. The number of pyridine rings is 1. The molecule has 348 valence electrons. The average Bonchev–Trinajstić information content (AvgIpc) is 3.72. The summed E-state index contributed by atoms with van der Waals surface area (Å²) in [5.41, 5.74) is 19.3. The van der Waals surface area contributed by atoms with Crippen molar-refractivity contribution in [1.82, 2.24) is 14.5 Å². The van der Waals surface area contributed by atoms with Crippen molar-refractivity contribution in [3.8, 4) is 78.6 Å². The van der Waals surface area contributed by atoms with Crippen LogP contribution in [0.2, 0.25) is 0 Å². The van der Waals surface area contributed by atoms with E-state index >= 15 is 0 Å². The minimum absolute atomic E-state index is 0.00894. The molecule has 4 heteroatoms. The minimum atomic E-state index is -0.678. The molecule has 69 heavy (non-hydrogen) atoms. The van der Waals surface area contributed by atoms with Crippen LogP contribution in [0.5, 0.6) is 5.75 Å². The van der Waals surface area contributed by atoms with Crippen molar-refractivity contribution >= 4 is 11.0 Å². The molecule has 0 unspecified atom stereocenters. The summed E-state index contributed by atoms with van der Waals surface area (Å²) < 4.78 is 10.8. The summed E-state index contributed by atoms with van der Waals surface area (Å²) in [6.45, 7) is 26.1. The lowest BCUT2D eigenvalue weighted by Crippen LogP contribution is -2.12. The molecule has 0 spiro atoms. The van der Waals surface area contributed by atoms with Crippen LogP contribution in [0.3, 0.4) is 0 Å². The summed E-state index contributed by atoms with van der Waals surface area (Å²) in [7, 11) is 0. The number of aromatic hydroxyl groups is 1. The Labute approximate surface area is 412 Å². The van der Waals surface area contributed by atoms with Gasteiger partial charge in [-0.1, -0.05) is 186 Å². The molecule has 0 aliphatic rings. The van der Waals surface area contributed by atoms with E-state index in [-0.39, 0.29) is 28.4 Å². The molecule has 0 aliphatic heterocycles. The van der Waals surface area contributed by atoms with Crippen LogP contribution in [0.1, 0.15) is 130 Å². The molecular weight excluding hydrogens is 839 g/mol. The number of rotatable bonds is 10. The van der Waals surface area contributed by atoms with Gasteiger partial charge in [-0.2, -0.15) is 0 Å². The number of phenols is 1. The Morgan fingerprint density at radius 2 is 1.13 bits per heavy atom. The van der Waals surface area contributed by atoms with Crippen LogP contribution in [0.4, 0.5) is 0 Å². The van der Waals surface area contributed by atoms with Gasteiger partial charge in [0, 0.05) is 24.3 Å². The number of hydrogen-bond acceptors (Lipinski definition) is 3. The van der Waals surface area contributed by atoms with Gasteiger partial charge in [-0.3, -0.25) is 9.55 Å². The first-order chi connectivity index (χ1) is 33.2. The second kappa shape index (κ2) is 18.5. The molecule has 2 heterocycles. The van der Waals surface area contributed by atoms with Crippen LogP contribution in [-0.2, 0) is 10.8 Å². The molecule has 2 aromatic heterocycles. The highest BCUT2D eigenvalue weighted by Crippen LogP contribution is 2.45. The molecule has 4 nitrogen and oxygen atoms in total. The van der Waals surface area contributed by atoms with Gasteiger partial charge in [0.15, 0.2) is 0 Å². The molecule has 0 saturated heterocycles. The number of benzene rings is 7.